The zero-order chi connectivity index (χ0) is 17.2. The lowest BCUT2D eigenvalue weighted by atomic mass is 10.2. The fraction of sp³-hybridized carbons (Fsp3) is 0.111. The Morgan fingerprint density at radius 2 is 2.04 bits per heavy atom. The van der Waals surface area contributed by atoms with Crippen molar-refractivity contribution in [1.29, 1.82) is 0 Å². The van der Waals surface area contributed by atoms with Crippen LogP contribution in [0, 0.1) is 6.92 Å². The van der Waals surface area contributed by atoms with Crippen molar-refractivity contribution in [1.82, 2.24) is 19.9 Å². The molecule has 2 N–H and O–H groups in total. The predicted octanol–water partition coefficient (Wildman–Crippen LogP) is 2.83. The molecule has 0 aliphatic rings. The maximum absolute atomic E-state index is 12.3. The van der Waals surface area contributed by atoms with Gasteiger partial charge in [-0.1, -0.05) is 18.2 Å². The van der Waals surface area contributed by atoms with Crippen molar-refractivity contribution >= 4 is 33.5 Å². The second-order valence-corrected chi connectivity index (χ2v) is 5.56. The van der Waals surface area contributed by atoms with E-state index in [0.717, 1.165) is 27.8 Å². The lowest BCUT2D eigenvalue weighted by molar-refractivity contribution is -0.118. The molecule has 0 saturated heterocycles. The summed E-state index contributed by atoms with van der Waals surface area (Å²) in [5.74, 6) is 0.894. The highest BCUT2D eigenvalue weighted by Gasteiger charge is 2.11. The van der Waals surface area contributed by atoms with E-state index in [1.165, 1.54) is 6.33 Å². The van der Waals surface area contributed by atoms with Gasteiger partial charge in [-0.2, -0.15) is 0 Å². The van der Waals surface area contributed by atoms with Crippen molar-refractivity contribution in [2.75, 3.05) is 11.9 Å². The van der Waals surface area contributed by atoms with Gasteiger partial charge in [0.2, 0.25) is 5.88 Å². The molecule has 7 heteroatoms. The largest absolute Gasteiger partial charge is 0.467 e. The molecule has 0 radical (unpaired) electrons. The normalized spacial score (nSPS) is 10.9. The molecule has 4 aromatic rings. The Bertz CT molecular complexity index is 1070. The number of aryl methyl sites for hydroxylation is 1. The number of nitrogens with zero attached hydrogens (tertiary/aromatic N) is 3. The van der Waals surface area contributed by atoms with Gasteiger partial charge in [0.15, 0.2) is 6.61 Å². The molecule has 0 spiro atoms. The van der Waals surface area contributed by atoms with E-state index in [-0.39, 0.29) is 12.5 Å². The molecule has 0 aliphatic carbocycles. The topological polar surface area (TPSA) is 92.8 Å². The lowest BCUT2D eigenvalue weighted by Crippen LogP contribution is -2.20. The number of imidazole rings is 1. The maximum Gasteiger partial charge on any atom is 0.262 e. The summed E-state index contributed by atoms with van der Waals surface area (Å²) < 4.78 is 5.58. The molecule has 0 saturated carbocycles. The van der Waals surface area contributed by atoms with E-state index in [2.05, 4.69) is 25.3 Å². The van der Waals surface area contributed by atoms with E-state index in [0.29, 0.717) is 11.6 Å². The number of carbonyl (C=O) groups excluding carboxylic acids is 1. The first kappa shape index (κ1) is 15.1. The number of amides is 1. The number of carbonyl (C=O) groups is 1. The smallest absolute Gasteiger partial charge is 0.262 e. The summed E-state index contributed by atoms with van der Waals surface area (Å²) in [5, 5.41) is 3.59. The summed E-state index contributed by atoms with van der Waals surface area (Å²) in [6, 6.07) is 13.1. The monoisotopic (exact) mass is 333 g/mol. The standard InChI is InChI=1S/C18H15N5O2/c1-11-21-14-7-4-8-15(17(14)22-11)23-16(24)9-25-18-12-5-2-3-6-13(12)19-10-20-18/h2-8,10H,9H2,1H3,(H,21,22)(H,23,24). The molecule has 0 unspecified atom stereocenters. The van der Waals surface area contributed by atoms with Gasteiger partial charge in [-0.05, 0) is 31.2 Å². The molecule has 2 aromatic heterocycles. The number of H-pyrrole nitrogens is 1. The Hall–Kier alpha value is -3.48. The van der Waals surface area contributed by atoms with Crippen LogP contribution in [0.4, 0.5) is 5.69 Å². The Morgan fingerprint density at radius 1 is 1.16 bits per heavy atom. The van der Waals surface area contributed by atoms with Crippen LogP contribution in [0.5, 0.6) is 5.88 Å². The highest BCUT2D eigenvalue weighted by molar-refractivity contribution is 6.00. The summed E-state index contributed by atoms with van der Waals surface area (Å²) in [4.78, 5) is 28.1. The third-order valence-electron chi connectivity index (χ3n) is 3.75. The Labute approximate surface area is 143 Å². The van der Waals surface area contributed by atoms with Crippen LogP contribution in [0.3, 0.4) is 0 Å². The minimum Gasteiger partial charge on any atom is -0.467 e. The van der Waals surface area contributed by atoms with Crippen molar-refractivity contribution in [2.24, 2.45) is 0 Å². The van der Waals surface area contributed by atoms with E-state index in [1.807, 2.05) is 43.3 Å². The van der Waals surface area contributed by atoms with Crippen molar-refractivity contribution < 1.29 is 9.53 Å². The zero-order valence-corrected chi connectivity index (χ0v) is 13.5. The van der Waals surface area contributed by atoms with Gasteiger partial charge in [0.05, 0.1) is 22.1 Å². The highest BCUT2D eigenvalue weighted by atomic mass is 16.5. The number of nitrogens with one attached hydrogen (secondary N) is 2. The highest BCUT2D eigenvalue weighted by Crippen LogP contribution is 2.22. The van der Waals surface area contributed by atoms with E-state index < -0.39 is 0 Å². The van der Waals surface area contributed by atoms with Gasteiger partial charge in [0, 0.05) is 0 Å². The molecule has 25 heavy (non-hydrogen) atoms. The quantitative estimate of drug-likeness (QED) is 0.599. The van der Waals surface area contributed by atoms with Gasteiger partial charge in [0.1, 0.15) is 17.7 Å². The second-order valence-electron chi connectivity index (χ2n) is 5.56. The summed E-state index contributed by atoms with van der Waals surface area (Å²) >= 11 is 0. The van der Waals surface area contributed by atoms with E-state index in [9.17, 15) is 4.79 Å². The molecule has 7 nitrogen and oxygen atoms in total. The van der Waals surface area contributed by atoms with Crippen molar-refractivity contribution in [3.05, 3.63) is 54.6 Å². The first-order valence-electron chi connectivity index (χ1n) is 7.78. The molecule has 2 aromatic carbocycles. The lowest BCUT2D eigenvalue weighted by Gasteiger charge is -2.08. The molecular formula is C18H15N5O2. The van der Waals surface area contributed by atoms with Gasteiger partial charge in [0.25, 0.3) is 5.91 Å². The van der Waals surface area contributed by atoms with Gasteiger partial charge in [-0.15, -0.1) is 0 Å². The molecule has 124 valence electrons. The molecule has 0 bridgehead atoms. The fourth-order valence-electron chi connectivity index (χ4n) is 2.67. The van der Waals surface area contributed by atoms with Gasteiger partial charge < -0.3 is 15.0 Å². The number of para-hydroxylation sites is 2. The summed E-state index contributed by atoms with van der Waals surface area (Å²) in [7, 11) is 0. The van der Waals surface area contributed by atoms with E-state index in [1.54, 1.807) is 6.07 Å². The summed E-state index contributed by atoms with van der Waals surface area (Å²) in [5.41, 5.74) is 3.01. The Kier molecular flexibility index (Phi) is 3.74. The van der Waals surface area contributed by atoms with Crippen molar-refractivity contribution in [2.45, 2.75) is 6.92 Å². The molecule has 0 fully saturated rings. The van der Waals surface area contributed by atoms with Crippen LogP contribution >= 0.6 is 0 Å². The number of fused-ring (bicyclic) bond motifs is 2. The van der Waals surface area contributed by atoms with Gasteiger partial charge in [-0.3, -0.25) is 4.79 Å². The predicted molar refractivity (Wildman–Crippen MR) is 94.5 cm³/mol. The van der Waals surface area contributed by atoms with Crippen molar-refractivity contribution in [3.8, 4) is 5.88 Å². The first-order chi connectivity index (χ1) is 12.2. The fourth-order valence-corrected chi connectivity index (χ4v) is 2.67. The third kappa shape index (κ3) is 2.99. The van der Waals surface area contributed by atoms with E-state index >= 15 is 0 Å². The van der Waals surface area contributed by atoms with Gasteiger partial charge >= 0.3 is 0 Å². The van der Waals surface area contributed by atoms with Crippen LogP contribution in [0.25, 0.3) is 21.9 Å². The zero-order valence-electron chi connectivity index (χ0n) is 13.5. The van der Waals surface area contributed by atoms with Crippen LogP contribution in [0.1, 0.15) is 5.82 Å². The van der Waals surface area contributed by atoms with Crippen LogP contribution < -0.4 is 10.1 Å². The average Bonchev–Trinajstić information content (AvgIpc) is 3.01. The number of hydrogen-bond donors (Lipinski definition) is 2. The average molecular weight is 333 g/mol. The summed E-state index contributed by atoms with van der Waals surface area (Å²) in [6.45, 7) is 1.72. The molecule has 0 atom stereocenters. The number of anilines is 1. The molecular weight excluding hydrogens is 318 g/mol. The van der Waals surface area contributed by atoms with E-state index in [4.69, 9.17) is 4.74 Å². The Morgan fingerprint density at radius 3 is 2.96 bits per heavy atom. The minimum absolute atomic E-state index is 0.152. The van der Waals surface area contributed by atoms with Crippen molar-refractivity contribution in [3.63, 3.8) is 0 Å². The number of aromatic amines is 1. The summed E-state index contributed by atoms with van der Waals surface area (Å²) in [6.07, 6.45) is 1.42. The maximum atomic E-state index is 12.3. The number of benzene rings is 2. The van der Waals surface area contributed by atoms with Crippen LogP contribution in [-0.2, 0) is 4.79 Å². The number of hydrogen-bond acceptors (Lipinski definition) is 5. The third-order valence-corrected chi connectivity index (χ3v) is 3.75. The first-order valence-corrected chi connectivity index (χ1v) is 7.78. The SMILES string of the molecule is Cc1nc2c(NC(=O)COc3ncnc4ccccc34)cccc2[nH]1. The Balaban J connectivity index is 1.50. The van der Waals surface area contributed by atoms with Crippen LogP contribution in [-0.4, -0.2) is 32.4 Å². The number of ether oxygens (including phenoxy) is 1. The van der Waals surface area contributed by atoms with Crippen LogP contribution in [0.15, 0.2) is 48.8 Å². The molecule has 2 heterocycles. The number of rotatable bonds is 4. The molecule has 4 rings (SSSR count). The van der Waals surface area contributed by atoms with Crippen LogP contribution in [0.2, 0.25) is 0 Å². The van der Waals surface area contributed by atoms with Gasteiger partial charge in [-0.25, -0.2) is 15.0 Å². The molecule has 0 aliphatic heterocycles. The molecule has 1 amide bonds. The second kappa shape index (κ2) is 6.20. The minimum atomic E-state index is -0.282. The number of aromatic nitrogens is 4.